The minimum Gasteiger partial charge on any atom is -0.493 e. The fourth-order valence-electron chi connectivity index (χ4n) is 1.51. The molecule has 1 aromatic carbocycles. The monoisotopic (exact) mass is 271 g/mol. The van der Waals surface area contributed by atoms with Crippen molar-refractivity contribution in [2.45, 2.75) is 31.9 Å². The van der Waals surface area contributed by atoms with E-state index in [1.54, 1.807) is 31.2 Å². The molecule has 5 heteroatoms. The van der Waals surface area contributed by atoms with Crippen LogP contribution in [0.5, 0.6) is 5.75 Å². The third-order valence-corrected chi connectivity index (χ3v) is 5.31. The lowest BCUT2D eigenvalue weighted by Crippen LogP contribution is -2.21. The van der Waals surface area contributed by atoms with Gasteiger partial charge in [0.1, 0.15) is 5.75 Å². The van der Waals surface area contributed by atoms with Crippen molar-refractivity contribution in [2.75, 3.05) is 18.1 Å². The predicted molar refractivity (Wildman–Crippen MR) is 74.5 cm³/mol. The van der Waals surface area contributed by atoms with Gasteiger partial charge in [-0.05, 0) is 31.9 Å². The van der Waals surface area contributed by atoms with E-state index < -0.39 is 9.84 Å². The van der Waals surface area contributed by atoms with E-state index in [9.17, 15) is 8.42 Å². The van der Waals surface area contributed by atoms with Crippen LogP contribution in [-0.4, -0.2) is 26.0 Å². The smallest absolute Gasteiger partial charge is 0.153 e. The molecule has 2 N–H and O–H groups in total. The third kappa shape index (κ3) is 4.56. The second kappa shape index (κ2) is 6.64. The summed E-state index contributed by atoms with van der Waals surface area (Å²) < 4.78 is 29.0. The van der Waals surface area contributed by atoms with Crippen molar-refractivity contribution in [3.8, 4) is 5.75 Å². The Balaban J connectivity index is 2.35. The molecular weight excluding hydrogens is 250 g/mol. The SMILES string of the molecule is CCC(C)S(=O)(=O)CCCOc1cccc(N)c1. The molecule has 0 amide bonds. The summed E-state index contributed by atoms with van der Waals surface area (Å²) in [5.74, 6) is 0.848. The minimum absolute atomic E-state index is 0.171. The van der Waals surface area contributed by atoms with Crippen LogP contribution in [0.4, 0.5) is 5.69 Å². The van der Waals surface area contributed by atoms with Crippen LogP contribution in [0.2, 0.25) is 0 Å². The van der Waals surface area contributed by atoms with Gasteiger partial charge >= 0.3 is 0 Å². The highest BCUT2D eigenvalue weighted by atomic mass is 32.2. The molecule has 1 atom stereocenters. The Morgan fingerprint density at radius 2 is 2.11 bits per heavy atom. The van der Waals surface area contributed by atoms with Gasteiger partial charge in [0.25, 0.3) is 0 Å². The lowest BCUT2D eigenvalue weighted by Gasteiger charge is -2.11. The summed E-state index contributed by atoms with van der Waals surface area (Å²) in [5.41, 5.74) is 6.25. The van der Waals surface area contributed by atoms with E-state index in [0.717, 1.165) is 0 Å². The molecule has 0 aromatic heterocycles. The number of ether oxygens (including phenoxy) is 1. The molecule has 1 aromatic rings. The molecule has 0 aliphatic rings. The molecule has 1 unspecified atom stereocenters. The van der Waals surface area contributed by atoms with Crippen molar-refractivity contribution >= 4 is 15.5 Å². The van der Waals surface area contributed by atoms with Gasteiger partial charge in [0.2, 0.25) is 0 Å². The third-order valence-electron chi connectivity index (χ3n) is 2.89. The minimum atomic E-state index is -2.98. The first-order chi connectivity index (χ1) is 8.45. The molecule has 0 saturated heterocycles. The molecule has 0 bridgehead atoms. The van der Waals surface area contributed by atoms with E-state index in [0.29, 0.717) is 30.9 Å². The van der Waals surface area contributed by atoms with Crippen LogP contribution in [0.25, 0.3) is 0 Å². The summed E-state index contributed by atoms with van der Waals surface area (Å²) in [4.78, 5) is 0. The molecule has 0 spiro atoms. The van der Waals surface area contributed by atoms with Gasteiger partial charge in [-0.3, -0.25) is 0 Å². The first-order valence-corrected chi connectivity index (χ1v) is 7.87. The number of hydrogen-bond donors (Lipinski definition) is 1. The van der Waals surface area contributed by atoms with Gasteiger partial charge in [0, 0.05) is 11.8 Å². The van der Waals surface area contributed by atoms with Crippen LogP contribution < -0.4 is 10.5 Å². The molecular formula is C13H21NO3S. The largest absolute Gasteiger partial charge is 0.493 e. The molecule has 0 radical (unpaired) electrons. The predicted octanol–water partition coefficient (Wildman–Crippen LogP) is 2.25. The lowest BCUT2D eigenvalue weighted by atomic mass is 10.3. The summed E-state index contributed by atoms with van der Waals surface area (Å²) >= 11 is 0. The first-order valence-electron chi connectivity index (χ1n) is 6.15. The highest BCUT2D eigenvalue weighted by molar-refractivity contribution is 7.91. The molecule has 0 saturated carbocycles. The van der Waals surface area contributed by atoms with Gasteiger partial charge in [0.05, 0.1) is 17.6 Å². The maximum absolute atomic E-state index is 11.8. The van der Waals surface area contributed by atoms with E-state index in [4.69, 9.17) is 10.5 Å². The number of hydrogen-bond acceptors (Lipinski definition) is 4. The number of sulfone groups is 1. The standard InChI is InChI=1S/C13H21NO3S/c1-3-11(2)18(15,16)9-5-8-17-13-7-4-6-12(14)10-13/h4,6-7,10-11H,3,5,8-9,14H2,1-2H3. The highest BCUT2D eigenvalue weighted by Gasteiger charge is 2.18. The van der Waals surface area contributed by atoms with Crippen LogP contribution in [0, 0.1) is 0 Å². The quantitative estimate of drug-likeness (QED) is 0.610. The van der Waals surface area contributed by atoms with E-state index in [2.05, 4.69) is 0 Å². The number of benzene rings is 1. The van der Waals surface area contributed by atoms with Crippen molar-refractivity contribution in [3.05, 3.63) is 24.3 Å². The Hall–Kier alpha value is -1.23. The number of anilines is 1. The van der Waals surface area contributed by atoms with Crippen LogP contribution in [0.3, 0.4) is 0 Å². The summed E-state index contributed by atoms with van der Waals surface area (Å²) in [6.07, 6.45) is 1.15. The number of nitrogens with two attached hydrogens (primary N) is 1. The Kier molecular flexibility index (Phi) is 5.47. The van der Waals surface area contributed by atoms with Gasteiger partial charge < -0.3 is 10.5 Å². The van der Waals surface area contributed by atoms with E-state index in [1.165, 1.54) is 0 Å². The van der Waals surface area contributed by atoms with Crippen LogP contribution in [-0.2, 0) is 9.84 Å². The number of rotatable bonds is 7. The molecule has 0 aliphatic heterocycles. The van der Waals surface area contributed by atoms with Gasteiger partial charge in [-0.2, -0.15) is 0 Å². The maximum Gasteiger partial charge on any atom is 0.153 e. The Labute approximate surface area is 109 Å². The van der Waals surface area contributed by atoms with Crippen LogP contribution >= 0.6 is 0 Å². The second-order valence-electron chi connectivity index (χ2n) is 4.36. The highest BCUT2D eigenvalue weighted by Crippen LogP contribution is 2.15. The molecule has 102 valence electrons. The maximum atomic E-state index is 11.8. The molecule has 0 fully saturated rings. The Bertz CT molecular complexity index is 471. The van der Waals surface area contributed by atoms with E-state index >= 15 is 0 Å². The summed E-state index contributed by atoms with van der Waals surface area (Å²) in [5, 5.41) is -0.273. The normalized spacial score (nSPS) is 13.2. The average Bonchev–Trinajstić information content (AvgIpc) is 2.33. The van der Waals surface area contributed by atoms with Crippen molar-refractivity contribution in [2.24, 2.45) is 0 Å². The van der Waals surface area contributed by atoms with Crippen LogP contribution in [0.1, 0.15) is 26.7 Å². The van der Waals surface area contributed by atoms with Crippen molar-refractivity contribution in [1.29, 1.82) is 0 Å². The first kappa shape index (κ1) is 14.8. The molecule has 18 heavy (non-hydrogen) atoms. The molecule has 1 rings (SSSR count). The average molecular weight is 271 g/mol. The Morgan fingerprint density at radius 1 is 1.39 bits per heavy atom. The molecule has 4 nitrogen and oxygen atoms in total. The topological polar surface area (TPSA) is 69.4 Å². The van der Waals surface area contributed by atoms with E-state index in [1.807, 2.05) is 6.92 Å². The van der Waals surface area contributed by atoms with Gasteiger partial charge in [-0.15, -0.1) is 0 Å². The van der Waals surface area contributed by atoms with Crippen molar-refractivity contribution < 1.29 is 13.2 Å². The number of nitrogen functional groups attached to an aromatic ring is 1. The molecule has 0 aliphatic carbocycles. The zero-order valence-corrected chi connectivity index (χ0v) is 11.7. The summed E-state index contributed by atoms with van der Waals surface area (Å²) in [7, 11) is -2.98. The zero-order chi connectivity index (χ0) is 13.6. The second-order valence-corrected chi connectivity index (χ2v) is 6.90. The zero-order valence-electron chi connectivity index (χ0n) is 10.9. The van der Waals surface area contributed by atoms with Gasteiger partial charge in [-0.25, -0.2) is 8.42 Å². The van der Waals surface area contributed by atoms with Gasteiger partial charge in [0.15, 0.2) is 9.84 Å². The van der Waals surface area contributed by atoms with Crippen LogP contribution in [0.15, 0.2) is 24.3 Å². The Morgan fingerprint density at radius 3 is 2.72 bits per heavy atom. The fourth-order valence-corrected chi connectivity index (χ4v) is 2.94. The lowest BCUT2D eigenvalue weighted by molar-refractivity contribution is 0.317. The summed E-state index contributed by atoms with van der Waals surface area (Å²) in [6.45, 7) is 4.01. The fraction of sp³-hybridized carbons (Fsp3) is 0.538. The van der Waals surface area contributed by atoms with E-state index in [-0.39, 0.29) is 11.0 Å². The van der Waals surface area contributed by atoms with Crippen molar-refractivity contribution in [1.82, 2.24) is 0 Å². The summed E-state index contributed by atoms with van der Waals surface area (Å²) in [6, 6.07) is 7.11. The van der Waals surface area contributed by atoms with Crippen molar-refractivity contribution in [3.63, 3.8) is 0 Å². The molecule has 0 heterocycles. The van der Waals surface area contributed by atoms with Gasteiger partial charge in [-0.1, -0.05) is 13.0 Å².